The first-order valence-electron chi connectivity index (χ1n) is 9.06. The van der Waals surface area contributed by atoms with Crippen molar-refractivity contribution in [2.24, 2.45) is 0 Å². The third kappa shape index (κ3) is 5.49. The Bertz CT molecular complexity index is 801. The van der Waals surface area contributed by atoms with E-state index in [-0.39, 0.29) is 19.0 Å². The zero-order valence-corrected chi connectivity index (χ0v) is 16.6. The molecule has 3 N–H and O–H groups in total. The Morgan fingerprint density at radius 2 is 1.46 bits per heavy atom. The number of aliphatic hydroxyl groups is 2. The predicted molar refractivity (Wildman–Crippen MR) is 115 cm³/mol. The molecule has 0 aliphatic rings. The lowest BCUT2D eigenvalue weighted by atomic mass is 9.86. The second kappa shape index (κ2) is 10.1. The first kappa shape index (κ1) is 21.8. The van der Waals surface area contributed by atoms with Crippen molar-refractivity contribution in [3.8, 4) is 5.75 Å². The molecule has 0 spiro atoms. The highest BCUT2D eigenvalue weighted by atomic mass is 35.5. The van der Waals surface area contributed by atoms with Gasteiger partial charge in [-0.3, -0.25) is 0 Å². The summed E-state index contributed by atoms with van der Waals surface area (Å²) in [4.78, 5) is 0. The molecular formula is C23H26ClNO3. The smallest absolute Gasteiger partial charge is 0.132 e. The fourth-order valence-electron chi connectivity index (χ4n) is 2.94. The van der Waals surface area contributed by atoms with Crippen LogP contribution in [0.15, 0.2) is 84.9 Å². The van der Waals surface area contributed by atoms with Crippen LogP contribution in [0.2, 0.25) is 0 Å². The van der Waals surface area contributed by atoms with Crippen molar-refractivity contribution in [3.05, 3.63) is 96.1 Å². The van der Waals surface area contributed by atoms with Crippen molar-refractivity contribution < 1.29 is 14.9 Å². The van der Waals surface area contributed by atoms with Crippen LogP contribution in [0.5, 0.6) is 5.75 Å². The number of anilines is 1. The van der Waals surface area contributed by atoms with E-state index in [4.69, 9.17) is 4.74 Å². The number of halogens is 1. The van der Waals surface area contributed by atoms with Crippen LogP contribution in [0.25, 0.3) is 0 Å². The van der Waals surface area contributed by atoms with Crippen LogP contribution in [0.1, 0.15) is 18.1 Å². The van der Waals surface area contributed by atoms with Crippen molar-refractivity contribution in [2.75, 3.05) is 18.5 Å². The first-order valence-corrected chi connectivity index (χ1v) is 9.06. The Morgan fingerprint density at radius 3 is 2.00 bits per heavy atom. The van der Waals surface area contributed by atoms with Crippen molar-refractivity contribution >= 4 is 18.1 Å². The summed E-state index contributed by atoms with van der Waals surface area (Å²) >= 11 is 0. The quantitative estimate of drug-likeness (QED) is 0.530. The van der Waals surface area contributed by atoms with Gasteiger partial charge < -0.3 is 20.3 Å². The maximum Gasteiger partial charge on any atom is 0.132 e. The second-order valence-corrected chi connectivity index (χ2v) is 6.63. The average Bonchev–Trinajstić information content (AvgIpc) is 2.72. The molecule has 0 saturated heterocycles. The van der Waals surface area contributed by atoms with E-state index in [9.17, 15) is 10.2 Å². The van der Waals surface area contributed by atoms with Crippen molar-refractivity contribution in [1.29, 1.82) is 0 Å². The molecule has 3 rings (SSSR count). The summed E-state index contributed by atoms with van der Waals surface area (Å²) in [6.07, 6.45) is -0.525. The summed E-state index contributed by atoms with van der Waals surface area (Å²) < 4.78 is 5.56. The normalized spacial score (nSPS) is 12.0. The lowest BCUT2D eigenvalue weighted by Gasteiger charge is -2.30. The molecule has 0 heterocycles. The lowest BCUT2D eigenvalue weighted by molar-refractivity contribution is 0.0950. The van der Waals surface area contributed by atoms with E-state index < -0.39 is 11.7 Å². The van der Waals surface area contributed by atoms with Gasteiger partial charge in [0.15, 0.2) is 0 Å². The van der Waals surface area contributed by atoms with Gasteiger partial charge in [0, 0.05) is 11.8 Å². The second-order valence-electron chi connectivity index (χ2n) is 6.63. The van der Waals surface area contributed by atoms with Gasteiger partial charge in [-0.2, -0.15) is 0 Å². The van der Waals surface area contributed by atoms with Gasteiger partial charge in [0.05, 0.1) is 12.6 Å². The highest BCUT2D eigenvalue weighted by Crippen LogP contribution is 2.30. The topological polar surface area (TPSA) is 61.7 Å². The van der Waals surface area contributed by atoms with E-state index in [0.717, 1.165) is 16.8 Å². The van der Waals surface area contributed by atoms with Gasteiger partial charge in [-0.25, -0.2) is 0 Å². The van der Waals surface area contributed by atoms with E-state index >= 15 is 0 Å². The summed E-state index contributed by atoms with van der Waals surface area (Å²) in [5, 5.41) is 24.2. The van der Waals surface area contributed by atoms with Crippen molar-refractivity contribution in [3.63, 3.8) is 0 Å². The summed E-state index contributed by atoms with van der Waals surface area (Å²) in [5.74, 6) is 0.670. The molecule has 0 aliphatic heterocycles. The third-order valence-corrected chi connectivity index (χ3v) is 4.38. The fourth-order valence-corrected chi connectivity index (χ4v) is 2.94. The Morgan fingerprint density at radius 1 is 0.893 bits per heavy atom. The van der Waals surface area contributed by atoms with Gasteiger partial charge in [0.2, 0.25) is 0 Å². The molecule has 0 fully saturated rings. The molecule has 28 heavy (non-hydrogen) atoms. The van der Waals surface area contributed by atoms with Gasteiger partial charge in [0.1, 0.15) is 18.0 Å². The minimum absolute atomic E-state index is 0. The van der Waals surface area contributed by atoms with Crippen molar-refractivity contribution in [2.45, 2.75) is 18.6 Å². The van der Waals surface area contributed by atoms with Crippen LogP contribution in [-0.4, -0.2) is 29.5 Å². The summed E-state index contributed by atoms with van der Waals surface area (Å²) in [6.45, 7) is 2.23. The first-order chi connectivity index (χ1) is 13.1. The Labute approximate surface area is 172 Å². The van der Waals surface area contributed by atoms with E-state index in [1.54, 1.807) is 6.92 Å². The molecule has 3 aromatic rings. The number of ether oxygens (including phenoxy) is 1. The monoisotopic (exact) mass is 399 g/mol. The highest BCUT2D eigenvalue weighted by Gasteiger charge is 2.31. The van der Waals surface area contributed by atoms with Crippen LogP contribution in [-0.2, 0) is 5.60 Å². The summed E-state index contributed by atoms with van der Waals surface area (Å²) in [7, 11) is 0. The van der Waals surface area contributed by atoms with Crippen LogP contribution in [0.3, 0.4) is 0 Å². The molecule has 148 valence electrons. The molecule has 0 aromatic heterocycles. The summed E-state index contributed by atoms with van der Waals surface area (Å²) in [5.41, 5.74) is 1.32. The van der Waals surface area contributed by atoms with Gasteiger partial charge >= 0.3 is 0 Å². The zero-order valence-electron chi connectivity index (χ0n) is 15.8. The Hall–Kier alpha value is -2.53. The van der Waals surface area contributed by atoms with E-state index in [2.05, 4.69) is 5.32 Å². The van der Waals surface area contributed by atoms with Crippen LogP contribution < -0.4 is 10.1 Å². The molecule has 5 heteroatoms. The molecule has 1 atom stereocenters. The average molecular weight is 400 g/mol. The number of hydrogen-bond donors (Lipinski definition) is 3. The van der Waals surface area contributed by atoms with E-state index in [1.165, 1.54) is 0 Å². The van der Waals surface area contributed by atoms with Crippen LogP contribution in [0.4, 0.5) is 5.69 Å². The number of rotatable bonds is 8. The van der Waals surface area contributed by atoms with E-state index in [0.29, 0.717) is 12.3 Å². The van der Waals surface area contributed by atoms with Gasteiger partial charge in [-0.1, -0.05) is 66.7 Å². The Kier molecular flexibility index (Phi) is 7.88. The van der Waals surface area contributed by atoms with E-state index in [1.807, 2.05) is 84.9 Å². The molecule has 0 bridgehead atoms. The third-order valence-electron chi connectivity index (χ3n) is 4.38. The molecule has 0 unspecified atom stereocenters. The number of benzene rings is 3. The standard InChI is InChI=1S/C23H25NO3.ClH/c1-18(25)16-27-22-14-8-13-21(15-22)24-17-23(26,19-9-4-2-5-10-19)20-11-6-3-7-12-20;/h2-15,18,24-26H,16-17H2,1H3;1H/t18-;/m0./s1. The van der Waals surface area contributed by atoms with Crippen molar-refractivity contribution in [1.82, 2.24) is 0 Å². The van der Waals surface area contributed by atoms with Gasteiger partial charge in [0.25, 0.3) is 0 Å². The van der Waals surface area contributed by atoms with Gasteiger partial charge in [-0.15, -0.1) is 12.4 Å². The molecule has 0 radical (unpaired) electrons. The zero-order chi connectivity index (χ0) is 19.1. The largest absolute Gasteiger partial charge is 0.491 e. The van der Waals surface area contributed by atoms with Crippen LogP contribution in [0, 0.1) is 0 Å². The maximum absolute atomic E-state index is 11.5. The molecule has 0 amide bonds. The molecular weight excluding hydrogens is 374 g/mol. The molecule has 4 nitrogen and oxygen atoms in total. The van der Waals surface area contributed by atoms with Gasteiger partial charge in [-0.05, 0) is 30.2 Å². The predicted octanol–water partition coefficient (Wildman–Crippen LogP) is 4.22. The SMILES string of the molecule is C[C@H](O)COc1cccc(NCC(O)(c2ccccc2)c2ccccc2)c1.Cl. The number of nitrogens with one attached hydrogen (secondary N) is 1. The molecule has 0 aliphatic carbocycles. The minimum Gasteiger partial charge on any atom is -0.491 e. The minimum atomic E-state index is -1.17. The summed E-state index contributed by atoms with van der Waals surface area (Å²) in [6, 6.07) is 26.8. The number of hydrogen-bond acceptors (Lipinski definition) is 4. The highest BCUT2D eigenvalue weighted by molar-refractivity contribution is 5.85. The van der Waals surface area contributed by atoms with Crippen LogP contribution >= 0.6 is 12.4 Å². The fraction of sp³-hybridized carbons (Fsp3) is 0.217. The Balaban J connectivity index is 0.00000280. The number of aliphatic hydroxyl groups excluding tert-OH is 1. The molecule has 0 saturated carbocycles. The maximum atomic E-state index is 11.5. The molecule has 3 aromatic carbocycles. The lowest BCUT2D eigenvalue weighted by Crippen LogP contribution is -2.35.